The van der Waals surface area contributed by atoms with Crippen LogP contribution in [0.15, 0.2) is 0 Å². The molecule has 14 heavy (non-hydrogen) atoms. The van der Waals surface area contributed by atoms with Crippen LogP contribution in [-0.4, -0.2) is 47.3 Å². The maximum absolute atomic E-state index is 11.0. The number of aliphatic carboxylic acids is 1. The number of aliphatic hydroxyl groups excluding tert-OH is 1. The number of rotatable bonds is 4. The van der Waals surface area contributed by atoms with Crippen molar-refractivity contribution in [1.82, 2.24) is 4.90 Å². The number of aliphatic hydroxyl groups is 1. The van der Waals surface area contributed by atoms with Gasteiger partial charge in [-0.1, -0.05) is 12.8 Å². The minimum absolute atomic E-state index is 0.0966. The molecule has 0 aromatic carbocycles. The molecule has 0 spiro atoms. The van der Waals surface area contributed by atoms with E-state index in [-0.39, 0.29) is 18.6 Å². The second kappa shape index (κ2) is 5.32. The zero-order chi connectivity index (χ0) is 10.6. The molecule has 1 aliphatic rings. The first kappa shape index (κ1) is 11.5. The molecule has 0 aliphatic heterocycles. The summed E-state index contributed by atoms with van der Waals surface area (Å²) in [6.45, 7) is 0.661. The fourth-order valence-corrected chi connectivity index (χ4v) is 2.25. The van der Waals surface area contributed by atoms with Crippen LogP contribution in [-0.2, 0) is 4.79 Å². The molecule has 0 amide bonds. The molecular formula is C10H19NO3. The van der Waals surface area contributed by atoms with Gasteiger partial charge in [0.25, 0.3) is 0 Å². The second-order valence-electron chi connectivity index (χ2n) is 4.00. The van der Waals surface area contributed by atoms with Crippen LogP contribution in [0.5, 0.6) is 0 Å². The van der Waals surface area contributed by atoms with E-state index in [0.717, 1.165) is 25.7 Å². The molecule has 4 heteroatoms. The molecule has 1 saturated carbocycles. The monoisotopic (exact) mass is 201 g/mol. The molecule has 2 N–H and O–H groups in total. The lowest BCUT2D eigenvalue weighted by Gasteiger charge is -2.35. The van der Waals surface area contributed by atoms with Crippen molar-refractivity contribution in [3.8, 4) is 0 Å². The van der Waals surface area contributed by atoms with Crippen LogP contribution in [0.2, 0.25) is 0 Å². The summed E-state index contributed by atoms with van der Waals surface area (Å²) in [6.07, 6.45) is 3.83. The first-order valence-electron chi connectivity index (χ1n) is 5.20. The Morgan fingerprint density at radius 1 is 1.43 bits per heavy atom. The van der Waals surface area contributed by atoms with Crippen LogP contribution in [0.4, 0.5) is 0 Å². The highest BCUT2D eigenvalue weighted by Gasteiger charge is 2.32. The van der Waals surface area contributed by atoms with Crippen LogP contribution in [0.3, 0.4) is 0 Å². The van der Waals surface area contributed by atoms with Gasteiger partial charge in [0.2, 0.25) is 0 Å². The Morgan fingerprint density at radius 2 is 2.07 bits per heavy atom. The summed E-state index contributed by atoms with van der Waals surface area (Å²) < 4.78 is 0. The Labute approximate surface area is 84.5 Å². The maximum atomic E-state index is 11.0. The van der Waals surface area contributed by atoms with E-state index in [9.17, 15) is 4.79 Å². The Morgan fingerprint density at radius 3 is 2.64 bits per heavy atom. The fourth-order valence-electron chi connectivity index (χ4n) is 2.25. The van der Waals surface area contributed by atoms with Gasteiger partial charge in [0, 0.05) is 12.6 Å². The zero-order valence-corrected chi connectivity index (χ0v) is 8.65. The highest BCUT2D eigenvalue weighted by molar-refractivity contribution is 5.71. The molecule has 0 saturated heterocycles. The lowest BCUT2D eigenvalue weighted by Crippen LogP contribution is -2.44. The van der Waals surface area contributed by atoms with Crippen molar-refractivity contribution in [2.24, 2.45) is 5.92 Å². The van der Waals surface area contributed by atoms with Crippen molar-refractivity contribution >= 4 is 5.97 Å². The quantitative estimate of drug-likeness (QED) is 0.697. The van der Waals surface area contributed by atoms with Gasteiger partial charge in [0.1, 0.15) is 0 Å². The minimum atomic E-state index is -0.695. The second-order valence-corrected chi connectivity index (χ2v) is 4.00. The number of carboxylic acid groups (broad SMARTS) is 1. The van der Waals surface area contributed by atoms with Gasteiger partial charge >= 0.3 is 5.97 Å². The van der Waals surface area contributed by atoms with E-state index < -0.39 is 5.97 Å². The highest BCUT2D eigenvalue weighted by Crippen LogP contribution is 2.27. The zero-order valence-electron chi connectivity index (χ0n) is 8.65. The summed E-state index contributed by atoms with van der Waals surface area (Å²) in [5.41, 5.74) is 0. The highest BCUT2D eigenvalue weighted by atomic mass is 16.4. The van der Waals surface area contributed by atoms with E-state index >= 15 is 0 Å². The SMILES string of the molecule is CN(CCO)C1CCCCC1C(=O)O. The molecule has 0 radical (unpaired) electrons. The van der Waals surface area contributed by atoms with Gasteiger partial charge in [-0.25, -0.2) is 0 Å². The molecule has 82 valence electrons. The first-order chi connectivity index (χ1) is 6.66. The number of hydrogen-bond acceptors (Lipinski definition) is 3. The van der Waals surface area contributed by atoms with Crippen molar-refractivity contribution < 1.29 is 15.0 Å². The van der Waals surface area contributed by atoms with Crippen molar-refractivity contribution in [1.29, 1.82) is 0 Å². The van der Waals surface area contributed by atoms with Crippen LogP contribution in [0.1, 0.15) is 25.7 Å². The predicted octanol–water partition coefficient (Wildman–Crippen LogP) is 0.554. The third kappa shape index (κ3) is 2.69. The van der Waals surface area contributed by atoms with Crippen molar-refractivity contribution in [3.63, 3.8) is 0 Å². The molecule has 0 aromatic rings. The van der Waals surface area contributed by atoms with E-state index in [4.69, 9.17) is 10.2 Å². The van der Waals surface area contributed by atoms with Crippen LogP contribution < -0.4 is 0 Å². The molecule has 0 heterocycles. The van der Waals surface area contributed by atoms with Crippen molar-refractivity contribution in [2.45, 2.75) is 31.7 Å². The molecular weight excluding hydrogens is 182 g/mol. The Bertz CT molecular complexity index is 196. The summed E-state index contributed by atoms with van der Waals surface area (Å²) in [4.78, 5) is 13.0. The lowest BCUT2D eigenvalue weighted by molar-refractivity contribution is -0.145. The molecule has 0 aromatic heterocycles. The Balaban J connectivity index is 2.57. The maximum Gasteiger partial charge on any atom is 0.308 e. The normalized spacial score (nSPS) is 27.9. The summed E-state index contributed by atoms with van der Waals surface area (Å²) in [7, 11) is 1.89. The Hall–Kier alpha value is -0.610. The van der Waals surface area contributed by atoms with Crippen LogP contribution in [0.25, 0.3) is 0 Å². The van der Waals surface area contributed by atoms with E-state index in [1.807, 2.05) is 11.9 Å². The molecule has 0 bridgehead atoms. The average molecular weight is 201 g/mol. The van der Waals surface area contributed by atoms with E-state index in [1.165, 1.54) is 0 Å². The van der Waals surface area contributed by atoms with Gasteiger partial charge in [-0.3, -0.25) is 4.79 Å². The molecule has 2 unspecified atom stereocenters. The van der Waals surface area contributed by atoms with Gasteiger partial charge in [-0.05, 0) is 19.9 Å². The molecule has 2 atom stereocenters. The lowest BCUT2D eigenvalue weighted by atomic mass is 9.84. The number of carboxylic acids is 1. The summed E-state index contributed by atoms with van der Waals surface area (Å²) in [6, 6.07) is 0.105. The number of hydrogen-bond donors (Lipinski definition) is 2. The summed E-state index contributed by atoms with van der Waals surface area (Å²) in [5, 5.41) is 17.8. The van der Waals surface area contributed by atoms with Crippen LogP contribution >= 0.6 is 0 Å². The molecule has 1 fully saturated rings. The van der Waals surface area contributed by atoms with Gasteiger partial charge in [0.05, 0.1) is 12.5 Å². The van der Waals surface area contributed by atoms with E-state index in [1.54, 1.807) is 0 Å². The minimum Gasteiger partial charge on any atom is -0.481 e. The van der Waals surface area contributed by atoms with Crippen LogP contribution in [0, 0.1) is 5.92 Å². The Kier molecular flexibility index (Phi) is 4.35. The van der Waals surface area contributed by atoms with Gasteiger partial charge in [-0.2, -0.15) is 0 Å². The number of carbonyl (C=O) groups is 1. The number of nitrogens with zero attached hydrogens (tertiary/aromatic N) is 1. The third-order valence-electron chi connectivity index (χ3n) is 3.07. The van der Waals surface area contributed by atoms with Crippen molar-refractivity contribution in [3.05, 3.63) is 0 Å². The predicted molar refractivity (Wildman–Crippen MR) is 53.1 cm³/mol. The first-order valence-corrected chi connectivity index (χ1v) is 5.20. The smallest absolute Gasteiger partial charge is 0.308 e. The number of likely N-dealkylation sites (N-methyl/N-ethyl adjacent to an activating group) is 1. The van der Waals surface area contributed by atoms with Crippen molar-refractivity contribution in [2.75, 3.05) is 20.2 Å². The van der Waals surface area contributed by atoms with Gasteiger partial charge in [0.15, 0.2) is 0 Å². The van der Waals surface area contributed by atoms with E-state index in [2.05, 4.69) is 0 Å². The summed E-state index contributed by atoms with van der Waals surface area (Å²) in [5.74, 6) is -0.945. The van der Waals surface area contributed by atoms with E-state index in [0.29, 0.717) is 6.54 Å². The topological polar surface area (TPSA) is 60.8 Å². The molecule has 4 nitrogen and oxygen atoms in total. The average Bonchev–Trinajstić information content (AvgIpc) is 2.18. The summed E-state index contributed by atoms with van der Waals surface area (Å²) >= 11 is 0. The van der Waals surface area contributed by atoms with Gasteiger partial charge in [-0.15, -0.1) is 0 Å². The van der Waals surface area contributed by atoms with Gasteiger partial charge < -0.3 is 15.1 Å². The largest absolute Gasteiger partial charge is 0.481 e. The fraction of sp³-hybridized carbons (Fsp3) is 0.900. The molecule has 1 rings (SSSR count). The standard InChI is InChI=1S/C10H19NO3/c1-11(6-7-12)9-5-3-2-4-8(9)10(13)14/h8-9,12H,2-7H2,1H3,(H,13,14). The third-order valence-corrected chi connectivity index (χ3v) is 3.07. The molecule has 1 aliphatic carbocycles.